The minimum absolute atomic E-state index is 1.17. The molecule has 0 aromatic heterocycles. The van der Waals surface area contributed by atoms with E-state index >= 15 is 0 Å². The van der Waals surface area contributed by atoms with Crippen molar-refractivity contribution in [1.82, 2.24) is 0 Å². The van der Waals surface area contributed by atoms with Crippen LogP contribution < -0.4 is 4.90 Å². The highest BCUT2D eigenvalue weighted by atomic mass is 15.2. The van der Waals surface area contributed by atoms with E-state index < -0.39 is 0 Å². The third-order valence-electron chi connectivity index (χ3n) is 2.49. The van der Waals surface area contributed by atoms with Gasteiger partial charge in [0.05, 0.1) is 12.2 Å². The van der Waals surface area contributed by atoms with Crippen molar-refractivity contribution in [3.8, 4) is 0 Å². The fourth-order valence-corrected chi connectivity index (χ4v) is 1.72. The van der Waals surface area contributed by atoms with Crippen molar-refractivity contribution in [2.75, 3.05) is 6.54 Å². The van der Waals surface area contributed by atoms with Crippen molar-refractivity contribution in [2.45, 2.75) is 46.5 Å². The van der Waals surface area contributed by atoms with Crippen LogP contribution in [0.1, 0.15) is 46.5 Å². The molecule has 0 saturated heterocycles. The van der Waals surface area contributed by atoms with E-state index in [9.17, 15) is 0 Å². The lowest BCUT2D eigenvalue weighted by Gasteiger charge is -2.08. The highest BCUT2D eigenvalue weighted by molar-refractivity contribution is 5.73. The summed E-state index contributed by atoms with van der Waals surface area (Å²) in [6.07, 6.45) is 7.59. The van der Waals surface area contributed by atoms with E-state index in [4.69, 9.17) is 0 Å². The highest BCUT2D eigenvalue weighted by Gasteiger charge is 2.15. The van der Waals surface area contributed by atoms with Gasteiger partial charge in [-0.3, -0.25) is 4.90 Å². The molecule has 0 fully saturated rings. The molecule has 0 bridgehead atoms. The number of hydrogen-bond acceptors (Lipinski definition) is 1. The van der Waals surface area contributed by atoms with Gasteiger partial charge in [0.2, 0.25) is 5.84 Å². The Kier molecular flexibility index (Phi) is 4.16. The zero-order valence-corrected chi connectivity index (χ0v) is 9.06. The summed E-state index contributed by atoms with van der Waals surface area (Å²) in [6, 6.07) is 0. The Balaban J connectivity index is 2.20. The van der Waals surface area contributed by atoms with E-state index in [0.29, 0.717) is 0 Å². The third kappa shape index (κ3) is 3.31. The molecule has 1 rings (SSSR count). The second-order valence-corrected chi connectivity index (χ2v) is 3.82. The summed E-state index contributed by atoms with van der Waals surface area (Å²) in [5, 5.41) is 0. The molecule has 0 amide bonds. The Morgan fingerprint density at radius 3 is 2.54 bits per heavy atom. The number of rotatable bonds is 5. The predicted molar refractivity (Wildman–Crippen MR) is 56.8 cm³/mol. The molecule has 0 spiro atoms. The average Bonchev–Trinajstić information content (AvgIpc) is 2.39. The van der Waals surface area contributed by atoms with Gasteiger partial charge in [0.1, 0.15) is 6.20 Å². The van der Waals surface area contributed by atoms with Gasteiger partial charge < -0.3 is 0 Å². The Hall–Kier alpha value is -0.630. The first-order valence-electron chi connectivity index (χ1n) is 5.34. The number of nitrogens with zero attached hydrogens (tertiary/aromatic N) is 1. The molecule has 1 N–H and O–H groups in total. The molecule has 13 heavy (non-hydrogen) atoms. The van der Waals surface area contributed by atoms with E-state index in [0.717, 1.165) is 0 Å². The summed E-state index contributed by atoms with van der Waals surface area (Å²) in [6.45, 7) is 7.65. The molecule has 1 heterocycles. The van der Waals surface area contributed by atoms with E-state index in [-0.39, 0.29) is 0 Å². The van der Waals surface area contributed by atoms with E-state index in [2.05, 4.69) is 32.0 Å². The molecule has 1 unspecified atom stereocenters. The zero-order valence-electron chi connectivity index (χ0n) is 9.06. The smallest absolute Gasteiger partial charge is 0.203 e. The van der Waals surface area contributed by atoms with Crippen LogP contribution >= 0.6 is 0 Å². The van der Waals surface area contributed by atoms with E-state index in [1.807, 2.05) is 0 Å². The van der Waals surface area contributed by atoms with Crippen molar-refractivity contribution in [1.29, 1.82) is 0 Å². The van der Waals surface area contributed by atoms with Gasteiger partial charge in [-0.05, 0) is 19.8 Å². The van der Waals surface area contributed by atoms with Crippen LogP contribution in [0.5, 0.6) is 0 Å². The van der Waals surface area contributed by atoms with Gasteiger partial charge in [0.25, 0.3) is 0 Å². The second kappa shape index (κ2) is 5.18. The molecule has 2 heteroatoms. The minimum atomic E-state index is 1.17. The van der Waals surface area contributed by atoms with Crippen LogP contribution in [0.25, 0.3) is 0 Å². The quantitative estimate of drug-likeness (QED) is 0.622. The standard InChI is InChI=1S/C11H20N2/c1-4-5-6-7-8-13-9-10(2)12-11(13)3/h9H,4-8H2,1-3H3/p+1. The van der Waals surface area contributed by atoms with Crippen LogP contribution in [0.2, 0.25) is 0 Å². The topological polar surface area (TPSA) is 16.8 Å². The number of amidine groups is 1. The van der Waals surface area contributed by atoms with Gasteiger partial charge in [-0.1, -0.05) is 19.8 Å². The Bertz CT molecular complexity index is 216. The molecular weight excluding hydrogens is 160 g/mol. The SMILES string of the molecule is CCCCCC[NH+]1C=C(C)N=C1C. The zero-order chi connectivity index (χ0) is 9.68. The molecule has 0 radical (unpaired) electrons. The molecule has 1 atom stereocenters. The van der Waals surface area contributed by atoms with Gasteiger partial charge in [-0.15, -0.1) is 0 Å². The van der Waals surface area contributed by atoms with E-state index in [1.54, 1.807) is 0 Å². The largest absolute Gasteiger partial charge is 0.262 e. The van der Waals surface area contributed by atoms with Gasteiger partial charge >= 0.3 is 0 Å². The summed E-state index contributed by atoms with van der Waals surface area (Å²) >= 11 is 0. The fourth-order valence-electron chi connectivity index (χ4n) is 1.72. The van der Waals surface area contributed by atoms with Crippen molar-refractivity contribution >= 4 is 5.84 Å². The Labute approximate surface area is 81.3 Å². The predicted octanol–water partition coefficient (Wildman–Crippen LogP) is 1.74. The molecule has 0 aromatic rings. The molecule has 74 valence electrons. The number of allylic oxidation sites excluding steroid dienone is 1. The summed E-state index contributed by atoms with van der Waals surface area (Å²) in [5.74, 6) is 1.23. The number of quaternary nitrogens is 1. The summed E-state index contributed by atoms with van der Waals surface area (Å²) in [7, 11) is 0. The van der Waals surface area contributed by atoms with Gasteiger partial charge in [-0.25, -0.2) is 4.99 Å². The molecule has 0 aromatic carbocycles. The van der Waals surface area contributed by atoms with Crippen molar-refractivity contribution < 1.29 is 4.90 Å². The van der Waals surface area contributed by atoms with Crippen molar-refractivity contribution in [2.24, 2.45) is 4.99 Å². The van der Waals surface area contributed by atoms with Crippen LogP contribution in [-0.4, -0.2) is 12.4 Å². The maximum Gasteiger partial charge on any atom is 0.203 e. The molecule has 0 aliphatic carbocycles. The summed E-state index contributed by atoms with van der Waals surface area (Å²) in [4.78, 5) is 5.86. The van der Waals surface area contributed by atoms with Crippen molar-refractivity contribution in [3.05, 3.63) is 11.9 Å². The first-order valence-corrected chi connectivity index (χ1v) is 5.34. The normalized spacial score (nSPS) is 21.6. The molecular formula is C11H21N2+. The lowest BCUT2D eigenvalue weighted by atomic mass is 10.2. The maximum atomic E-state index is 4.41. The first kappa shape index (κ1) is 10.5. The van der Waals surface area contributed by atoms with Crippen LogP contribution in [0.4, 0.5) is 0 Å². The number of hydrogen-bond donors (Lipinski definition) is 1. The van der Waals surface area contributed by atoms with Gasteiger partial charge in [0, 0.05) is 6.92 Å². The van der Waals surface area contributed by atoms with Crippen LogP contribution in [0.3, 0.4) is 0 Å². The molecule has 1 aliphatic rings. The van der Waals surface area contributed by atoms with E-state index in [1.165, 1.54) is 48.7 Å². The number of nitrogens with one attached hydrogen (secondary N) is 1. The molecule has 0 saturated carbocycles. The van der Waals surface area contributed by atoms with Crippen LogP contribution in [-0.2, 0) is 0 Å². The summed E-state index contributed by atoms with van der Waals surface area (Å²) in [5.41, 5.74) is 1.17. The second-order valence-electron chi connectivity index (χ2n) is 3.82. The van der Waals surface area contributed by atoms with Gasteiger partial charge in [-0.2, -0.15) is 0 Å². The highest BCUT2D eigenvalue weighted by Crippen LogP contribution is 1.98. The monoisotopic (exact) mass is 181 g/mol. The fraction of sp³-hybridized carbons (Fsp3) is 0.727. The van der Waals surface area contributed by atoms with Crippen molar-refractivity contribution in [3.63, 3.8) is 0 Å². The first-order chi connectivity index (χ1) is 6.24. The lowest BCUT2D eigenvalue weighted by molar-refractivity contribution is -0.745. The molecule has 1 aliphatic heterocycles. The number of aliphatic imine (C=N–C) groups is 1. The maximum absolute atomic E-state index is 4.41. The third-order valence-corrected chi connectivity index (χ3v) is 2.49. The van der Waals surface area contributed by atoms with Crippen LogP contribution in [0.15, 0.2) is 16.9 Å². The Morgan fingerprint density at radius 1 is 1.23 bits per heavy atom. The average molecular weight is 181 g/mol. The molecule has 2 nitrogen and oxygen atoms in total. The Morgan fingerprint density at radius 2 is 2.00 bits per heavy atom. The summed E-state index contributed by atoms with van der Waals surface area (Å²) < 4.78 is 0. The minimum Gasteiger partial charge on any atom is -0.262 e. The van der Waals surface area contributed by atoms with Crippen LogP contribution in [0, 0.1) is 0 Å². The number of unbranched alkanes of at least 4 members (excludes halogenated alkanes) is 3. The lowest BCUT2D eigenvalue weighted by Crippen LogP contribution is -3.09. The van der Waals surface area contributed by atoms with Gasteiger partial charge in [0.15, 0.2) is 0 Å².